The van der Waals surface area contributed by atoms with Crippen molar-refractivity contribution in [3.05, 3.63) is 0 Å². The third-order valence-corrected chi connectivity index (χ3v) is 1.97. The molecule has 3 nitrogen and oxygen atoms in total. The Morgan fingerprint density at radius 1 is 1.45 bits per heavy atom. The summed E-state index contributed by atoms with van der Waals surface area (Å²) in [4.78, 5) is 0. The molecule has 3 heteroatoms. The average molecular weight is 160 g/mol. The van der Waals surface area contributed by atoms with Gasteiger partial charge < -0.3 is 16.6 Å². The van der Waals surface area contributed by atoms with E-state index in [1.54, 1.807) is 6.92 Å². The second-order valence-electron chi connectivity index (χ2n) is 3.24. The maximum absolute atomic E-state index is 9.47. The summed E-state index contributed by atoms with van der Waals surface area (Å²) in [6.07, 6.45) is 3.78. The molecule has 11 heavy (non-hydrogen) atoms. The van der Waals surface area contributed by atoms with Crippen molar-refractivity contribution in [1.29, 1.82) is 0 Å². The van der Waals surface area contributed by atoms with Crippen LogP contribution < -0.4 is 11.5 Å². The molecule has 0 bridgehead atoms. The number of nitrogens with two attached hydrogens (primary N) is 2. The van der Waals surface area contributed by atoms with Gasteiger partial charge in [0.05, 0.1) is 0 Å². The standard InChI is InChI=1S/C8H20N2O/c1-3-4-5-6-8(10,11)7(2)9/h7,11H,3-6,9-10H2,1-2H3. The Morgan fingerprint density at radius 3 is 2.36 bits per heavy atom. The lowest BCUT2D eigenvalue weighted by atomic mass is 10.00. The van der Waals surface area contributed by atoms with Gasteiger partial charge in [-0.2, -0.15) is 0 Å². The van der Waals surface area contributed by atoms with Gasteiger partial charge in [0.15, 0.2) is 0 Å². The predicted octanol–water partition coefficient (Wildman–Crippen LogP) is 0.561. The molecule has 0 aromatic carbocycles. The summed E-state index contributed by atoms with van der Waals surface area (Å²) in [5, 5.41) is 9.47. The van der Waals surface area contributed by atoms with Crippen LogP contribution in [0.5, 0.6) is 0 Å². The summed E-state index contributed by atoms with van der Waals surface area (Å²) in [5.41, 5.74) is 9.84. The molecular formula is C8H20N2O. The SMILES string of the molecule is CCCCCC(N)(O)C(C)N. The Hall–Kier alpha value is -0.120. The first-order chi connectivity index (χ1) is 5.00. The van der Waals surface area contributed by atoms with Gasteiger partial charge in [-0.1, -0.05) is 19.8 Å². The van der Waals surface area contributed by atoms with Crippen LogP contribution in [0.4, 0.5) is 0 Å². The van der Waals surface area contributed by atoms with Crippen molar-refractivity contribution in [3.8, 4) is 0 Å². The van der Waals surface area contributed by atoms with Crippen LogP contribution >= 0.6 is 0 Å². The molecule has 0 aliphatic heterocycles. The van der Waals surface area contributed by atoms with Gasteiger partial charge >= 0.3 is 0 Å². The van der Waals surface area contributed by atoms with Crippen molar-refractivity contribution in [1.82, 2.24) is 0 Å². The molecule has 0 saturated heterocycles. The molecule has 0 aromatic heterocycles. The molecule has 0 spiro atoms. The van der Waals surface area contributed by atoms with Crippen LogP contribution in [0.1, 0.15) is 39.5 Å². The van der Waals surface area contributed by atoms with Gasteiger partial charge in [-0.15, -0.1) is 0 Å². The van der Waals surface area contributed by atoms with E-state index in [-0.39, 0.29) is 6.04 Å². The maximum atomic E-state index is 9.47. The minimum atomic E-state index is -1.17. The molecular weight excluding hydrogens is 140 g/mol. The molecule has 0 saturated carbocycles. The normalized spacial score (nSPS) is 19.4. The second kappa shape index (κ2) is 4.70. The predicted molar refractivity (Wildman–Crippen MR) is 46.9 cm³/mol. The minimum absolute atomic E-state index is 0.348. The number of unbranched alkanes of at least 4 members (excludes halogenated alkanes) is 2. The smallest absolute Gasteiger partial charge is 0.128 e. The highest BCUT2D eigenvalue weighted by Gasteiger charge is 2.24. The monoisotopic (exact) mass is 160 g/mol. The number of hydrogen-bond donors (Lipinski definition) is 3. The van der Waals surface area contributed by atoms with Gasteiger partial charge in [0.1, 0.15) is 5.72 Å². The summed E-state index contributed by atoms with van der Waals surface area (Å²) in [6.45, 7) is 3.84. The van der Waals surface area contributed by atoms with E-state index < -0.39 is 5.72 Å². The van der Waals surface area contributed by atoms with Crippen LogP contribution in [0.3, 0.4) is 0 Å². The summed E-state index contributed by atoms with van der Waals surface area (Å²) < 4.78 is 0. The number of aliphatic hydroxyl groups is 1. The molecule has 0 amide bonds. The summed E-state index contributed by atoms with van der Waals surface area (Å²) in [6, 6.07) is -0.348. The Morgan fingerprint density at radius 2 is 2.00 bits per heavy atom. The number of rotatable bonds is 5. The Bertz CT molecular complexity index is 102. The van der Waals surface area contributed by atoms with E-state index in [0.717, 1.165) is 19.3 Å². The topological polar surface area (TPSA) is 72.3 Å². The lowest BCUT2D eigenvalue weighted by molar-refractivity contribution is 0.0150. The van der Waals surface area contributed by atoms with E-state index in [4.69, 9.17) is 11.5 Å². The van der Waals surface area contributed by atoms with Crippen LogP contribution in [-0.2, 0) is 0 Å². The van der Waals surface area contributed by atoms with Gasteiger partial charge in [0.2, 0.25) is 0 Å². The average Bonchev–Trinajstić information content (AvgIpc) is 1.88. The summed E-state index contributed by atoms with van der Waals surface area (Å²) in [7, 11) is 0. The third kappa shape index (κ3) is 4.35. The molecule has 0 radical (unpaired) electrons. The van der Waals surface area contributed by atoms with Gasteiger partial charge in [0.25, 0.3) is 0 Å². The first-order valence-electron chi connectivity index (χ1n) is 4.27. The summed E-state index contributed by atoms with van der Waals surface area (Å²) >= 11 is 0. The van der Waals surface area contributed by atoms with Crippen LogP contribution in [0.25, 0.3) is 0 Å². The summed E-state index contributed by atoms with van der Waals surface area (Å²) in [5.74, 6) is 0. The molecule has 0 rings (SSSR count). The van der Waals surface area contributed by atoms with E-state index >= 15 is 0 Å². The first kappa shape index (κ1) is 10.9. The molecule has 0 aliphatic rings. The van der Waals surface area contributed by atoms with Crippen LogP contribution in [-0.4, -0.2) is 16.9 Å². The first-order valence-corrected chi connectivity index (χ1v) is 4.27. The highest BCUT2D eigenvalue weighted by molar-refractivity contribution is 4.79. The Kier molecular flexibility index (Phi) is 4.65. The molecule has 5 N–H and O–H groups in total. The van der Waals surface area contributed by atoms with Crippen LogP contribution in [0.2, 0.25) is 0 Å². The fourth-order valence-corrected chi connectivity index (χ4v) is 0.886. The molecule has 0 aromatic rings. The van der Waals surface area contributed by atoms with E-state index in [2.05, 4.69) is 6.92 Å². The van der Waals surface area contributed by atoms with Crippen molar-refractivity contribution in [2.24, 2.45) is 11.5 Å². The van der Waals surface area contributed by atoms with E-state index in [0.29, 0.717) is 6.42 Å². The number of hydrogen-bond acceptors (Lipinski definition) is 3. The van der Waals surface area contributed by atoms with Crippen LogP contribution in [0, 0.1) is 0 Å². The molecule has 2 unspecified atom stereocenters. The maximum Gasteiger partial charge on any atom is 0.128 e. The van der Waals surface area contributed by atoms with Crippen molar-refractivity contribution in [2.45, 2.75) is 51.3 Å². The third-order valence-electron chi connectivity index (χ3n) is 1.97. The van der Waals surface area contributed by atoms with Gasteiger partial charge in [-0.05, 0) is 19.8 Å². The zero-order valence-electron chi connectivity index (χ0n) is 7.51. The van der Waals surface area contributed by atoms with E-state index in [1.807, 2.05) is 0 Å². The van der Waals surface area contributed by atoms with Crippen molar-refractivity contribution < 1.29 is 5.11 Å². The molecule has 0 aliphatic carbocycles. The van der Waals surface area contributed by atoms with Gasteiger partial charge in [-0.3, -0.25) is 0 Å². The molecule has 0 fully saturated rings. The fourth-order valence-electron chi connectivity index (χ4n) is 0.886. The Balaban J connectivity index is 3.55. The van der Waals surface area contributed by atoms with E-state index in [1.165, 1.54) is 0 Å². The molecule has 68 valence electrons. The Labute approximate surface area is 68.8 Å². The van der Waals surface area contributed by atoms with E-state index in [9.17, 15) is 5.11 Å². The fraction of sp³-hybridized carbons (Fsp3) is 1.00. The minimum Gasteiger partial charge on any atom is -0.374 e. The van der Waals surface area contributed by atoms with Crippen LogP contribution in [0.15, 0.2) is 0 Å². The van der Waals surface area contributed by atoms with Crippen molar-refractivity contribution in [3.63, 3.8) is 0 Å². The lowest BCUT2D eigenvalue weighted by Gasteiger charge is -2.26. The van der Waals surface area contributed by atoms with Crippen molar-refractivity contribution in [2.75, 3.05) is 0 Å². The molecule has 2 atom stereocenters. The zero-order valence-corrected chi connectivity index (χ0v) is 7.51. The van der Waals surface area contributed by atoms with Gasteiger partial charge in [-0.25, -0.2) is 0 Å². The highest BCUT2D eigenvalue weighted by atomic mass is 16.3. The highest BCUT2D eigenvalue weighted by Crippen LogP contribution is 2.11. The quantitative estimate of drug-likeness (QED) is 0.406. The second-order valence-corrected chi connectivity index (χ2v) is 3.24. The van der Waals surface area contributed by atoms with Crippen molar-refractivity contribution >= 4 is 0 Å². The lowest BCUT2D eigenvalue weighted by Crippen LogP contribution is -2.53. The zero-order chi connectivity index (χ0) is 8.91. The largest absolute Gasteiger partial charge is 0.374 e. The molecule has 0 heterocycles. The van der Waals surface area contributed by atoms with Gasteiger partial charge in [0, 0.05) is 6.04 Å².